The molecular formula is C56H45N. The monoisotopic (exact) mass is 731 g/mol. The van der Waals surface area contributed by atoms with Crippen molar-refractivity contribution in [1.29, 1.82) is 0 Å². The van der Waals surface area contributed by atoms with Crippen molar-refractivity contribution < 1.29 is 0 Å². The lowest BCUT2D eigenvalue weighted by Crippen LogP contribution is -2.29. The van der Waals surface area contributed by atoms with Gasteiger partial charge in [0.15, 0.2) is 0 Å². The zero-order valence-electron chi connectivity index (χ0n) is 32.5. The second kappa shape index (κ2) is 15.6. The van der Waals surface area contributed by atoms with Crippen molar-refractivity contribution in [3.63, 3.8) is 0 Å². The molecule has 0 atom stereocenters. The average Bonchev–Trinajstić information content (AvgIpc) is 3.58. The first kappa shape index (κ1) is 35.7. The van der Waals surface area contributed by atoms with E-state index in [4.69, 9.17) is 0 Å². The number of hydrogen-bond acceptors (Lipinski definition) is 1. The molecule has 0 N–H and O–H groups in total. The van der Waals surface area contributed by atoms with Gasteiger partial charge in [0.2, 0.25) is 0 Å². The highest BCUT2D eigenvalue weighted by molar-refractivity contribution is 5.87. The molecule has 8 aromatic carbocycles. The minimum atomic E-state index is -0.407. The van der Waals surface area contributed by atoms with Crippen molar-refractivity contribution in [2.45, 2.75) is 25.7 Å². The highest BCUT2D eigenvalue weighted by atomic mass is 15.1. The molecule has 0 spiro atoms. The lowest BCUT2D eigenvalue weighted by Gasteiger charge is -2.35. The van der Waals surface area contributed by atoms with E-state index < -0.39 is 5.41 Å². The quantitative estimate of drug-likeness (QED) is 0.127. The molecule has 1 nitrogen and oxygen atoms in total. The first-order chi connectivity index (χ1) is 28.1. The van der Waals surface area contributed by atoms with E-state index >= 15 is 0 Å². The third-order valence-electron chi connectivity index (χ3n) is 11.5. The minimum absolute atomic E-state index is 0.407. The number of benzene rings is 8. The molecule has 8 aromatic rings. The second-order valence-electron chi connectivity index (χ2n) is 14.9. The molecule has 0 heterocycles. The van der Waals surface area contributed by atoms with Crippen molar-refractivity contribution >= 4 is 17.1 Å². The Hall–Kier alpha value is -6.96. The fraction of sp³-hybridized carbons (Fsp3) is 0.0714. The smallest absolute Gasteiger partial charge is 0.0716 e. The fourth-order valence-corrected chi connectivity index (χ4v) is 8.76. The van der Waals surface area contributed by atoms with Gasteiger partial charge in [-0.2, -0.15) is 0 Å². The Bertz CT molecular complexity index is 2640. The summed E-state index contributed by atoms with van der Waals surface area (Å²) in [6.45, 7) is 4.29. The summed E-state index contributed by atoms with van der Waals surface area (Å²) in [5.41, 5.74) is 18.2. The Morgan fingerprint density at radius 3 is 1.39 bits per heavy atom. The molecule has 1 aliphatic rings. The predicted molar refractivity (Wildman–Crippen MR) is 242 cm³/mol. The summed E-state index contributed by atoms with van der Waals surface area (Å²) in [6, 6.07) is 73.5. The summed E-state index contributed by atoms with van der Waals surface area (Å²) in [4.78, 5) is 2.35. The maximum Gasteiger partial charge on any atom is 0.0716 e. The van der Waals surface area contributed by atoms with Crippen LogP contribution in [-0.2, 0) is 11.8 Å². The third kappa shape index (κ3) is 6.62. The molecule has 0 amide bonds. The van der Waals surface area contributed by atoms with Crippen LogP contribution in [0.15, 0.2) is 224 Å². The van der Waals surface area contributed by atoms with Crippen LogP contribution in [0.3, 0.4) is 0 Å². The van der Waals surface area contributed by atoms with Crippen LogP contribution in [-0.4, -0.2) is 0 Å². The van der Waals surface area contributed by atoms with Crippen LogP contribution in [0, 0.1) is 6.92 Å². The highest BCUT2D eigenvalue weighted by Gasteiger charge is 2.46. The van der Waals surface area contributed by atoms with Gasteiger partial charge in [-0.1, -0.05) is 188 Å². The van der Waals surface area contributed by atoms with E-state index in [-0.39, 0.29) is 0 Å². The fourth-order valence-electron chi connectivity index (χ4n) is 8.76. The second-order valence-corrected chi connectivity index (χ2v) is 14.9. The first-order valence-corrected chi connectivity index (χ1v) is 19.9. The van der Waals surface area contributed by atoms with E-state index in [9.17, 15) is 0 Å². The SMILES string of the molecule is C/C=C\C=C/Cc1ccc(N(c2ccc(-c3ccccc3)cc2)c2ccc(-c3ccc(C4(c5ccccc5C)c5ccccc5-c5ccccc54)cc3)cc2)cc1. The summed E-state index contributed by atoms with van der Waals surface area (Å²) in [7, 11) is 0. The maximum absolute atomic E-state index is 2.35. The molecule has 0 saturated heterocycles. The zero-order valence-corrected chi connectivity index (χ0v) is 32.5. The molecule has 9 rings (SSSR count). The van der Waals surface area contributed by atoms with Crippen molar-refractivity contribution in [1.82, 2.24) is 0 Å². The number of anilines is 3. The Labute approximate surface area is 337 Å². The van der Waals surface area contributed by atoms with E-state index in [1.54, 1.807) is 0 Å². The van der Waals surface area contributed by atoms with Crippen molar-refractivity contribution in [2.75, 3.05) is 4.90 Å². The molecule has 0 radical (unpaired) electrons. The van der Waals surface area contributed by atoms with Gasteiger partial charge in [-0.15, -0.1) is 0 Å². The maximum atomic E-state index is 2.35. The van der Waals surface area contributed by atoms with Gasteiger partial charge < -0.3 is 4.90 Å². The van der Waals surface area contributed by atoms with E-state index in [1.807, 2.05) is 6.92 Å². The van der Waals surface area contributed by atoms with Crippen LogP contribution >= 0.6 is 0 Å². The summed E-state index contributed by atoms with van der Waals surface area (Å²) >= 11 is 0. The zero-order chi connectivity index (χ0) is 38.6. The lowest BCUT2D eigenvalue weighted by atomic mass is 9.66. The van der Waals surface area contributed by atoms with Crippen LogP contribution in [0.25, 0.3) is 33.4 Å². The summed E-state index contributed by atoms with van der Waals surface area (Å²) in [6.07, 6.45) is 9.34. The normalized spacial score (nSPS) is 12.8. The van der Waals surface area contributed by atoms with Gasteiger partial charge in [-0.3, -0.25) is 0 Å². The van der Waals surface area contributed by atoms with Gasteiger partial charge in [0.1, 0.15) is 0 Å². The Morgan fingerprint density at radius 1 is 0.421 bits per heavy atom. The van der Waals surface area contributed by atoms with E-state index in [0.717, 1.165) is 23.5 Å². The number of rotatable bonds is 10. The third-order valence-corrected chi connectivity index (χ3v) is 11.5. The molecule has 0 bridgehead atoms. The number of aryl methyl sites for hydroxylation is 1. The topological polar surface area (TPSA) is 3.24 Å². The predicted octanol–water partition coefficient (Wildman–Crippen LogP) is 14.8. The number of hydrogen-bond donors (Lipinski definition) is 0. The molecule has 0 unspecified atom stereocenters. The van der Waals surface area contributed by atoms with Crippen LogP contribution in [0.5, 0.6) is 0 Å². The molecule has 1 aliphatic carbocycles. The van der Waals surface area contributed by atoms with E-state index in [2.05, 4.69) is 236 Å². The number of nitrogens with zero attached hydrogens (tertiary/aromatic N) is 1. The van der Waals surface area contributed by atoms with Crippen LogP contribution < -0.4 is 4.90 Å². The number of fused-ring (bicyclic) bond motifs is 3. The molecular weight excluding hydrogens is 687 g/mol. The summed E-state index contributed by atoms with van der Waals surface area (Å²) < 4.78 is 0. The highest BCUT2D eigenvalue weighted by Crippen LogP contribution is 2.56. The molecule has 57 heavy (non-hydrogen) atoms. The summed E-state index contributed by atoms with van der Waals surface area (Å²) in [5.74, 6) is 0. The molecule has 0 saturated carbocycles. The van der Waals surface area contributed by atoms with E-state index in [0.29, 0.717) is 0 Å². The molecule has 0 aliphatic heterocycles. The average molecular weight is 732 g/mol. The van der Waals surface area contributed by atoms with Gasteiger partial charge in [-0.25, -0.2) is 0 Å². The number of allylic oxidation sites excluding steroid dienone is 4. The van der Waals surface area contributed by atoms with Gasteiger partial charge in [-0.05, 0) is 123 Å². The van der Waals surface area contributed by atoms with Crippen LogP contribution in [0.1, 0.15) is 40.3 Å². The molecule has 1 heteroatoms. The van der Waals surface area contributed by atoms with Gasteiger partial charge in [0.05, 0.1) is 5.41 Å². The minimum Gasteiger partial charge on any atom is -0.311 e. The van der Waals surface area contributed by atoms with Gasteiger partial charge in [0, 0.05) is 17.1 Å². The largest absolute Gasteiger partial charge is 0.311 e. The summed E-state index contributed by atoms with van der Waals surface area (Å²) in [5, 5.41) is 0. The first-order valence-electron chi connectivity index (χ1n) is 19.9. The van der Waals surface area contributed by atoms with Crippen molar-refractivity contribution in [3.05, 3.63) is 258 Å². The van der Waals surface area contributed by atoms with Crippen molar-refractivity contribution in [3.8, 4) is 33.4 Å². The van der Waals surface area contributed by atoms with E-state index in [1.165, 1.54) is 66.8 Å². The lowest BCUT2D eigenvalue weighted by molar-refractivity contribution is 0.761. The molecule has 0 fully saturated rings. The Morgan fingerprint density at radius 2 is 0.860 bits per heavy atom. The van der Waals surface area contributed by atoms with Gasteiger partial charge in [0.25, 0.3) is 0 Å². The van der Waals surface area contributed by atoms with Gasteiger partial charge >= 0.3 is 0 Å². The van der Waals surface area contributed by atoms with Crippen LogP contribution in [0.4, 0.5) is 17.1 Å². The van der Waals surface area contributed by atoms with Crippen molar-refractivity contribution in [2.24, 2.45) is 0 Å². The molecule has 274 valence electrons. The Kier molecular flexibility index (Phi) is 9.81. The standard InChI is InChI=1S/C56H45N/c1-3-4-5-7-17-42-25-35-48(36-26-42)57(49-37-29-45(30-38-49)43-18-8-6-9-19-43)50-39-31-46(32-40-50)44-27-33-47(34-28-44)56(53-22-13-10-16-41(53)2)54-23-14-11-20-51(54)52-21-12-15-24-55(52)56/h3-16,18-40H,17H2,1-2H3/b4-3-,7-5-. The molecule has 0 aromatic heterocycles. The van der Waals surface area contributed by atoms with Crippen LogP contribution in [0.2, 0.25) is 0 Å². The Balaban J connectivity index is 1.07.